The number of hydrogen-bond acceptors (Lipinski definition) is 6. The van der Waals surface area contributed by atoms with Crippen LogP contribution in [0.25, 0.3) is 11.3 Å². The Labute approximate surface area is 217 Å². The average Bonchev–Trinajstić information content (AvgIpc) is 3.38. The third kappa shape index (κ3) is 5.90. The van der Waals surface area contributed by atoms with Crippen molar-refractivity contribution in [3.8, 4) is 23.6 Å². The highest BCUT2D eigenvalue weighted by Gasteiger charge is 2.39. The van der Waals surface area contributed by atoms with Gasteiger partial charge in [-0.15, -0.1) is 6.42 Å². The van der Waals surface area contributed by atoms with Crippen LogP contribution in [-0.4, -0.2) is 47.7 Å². The van der Waals surface area contributed by atoms with Crippen LogP contribution in [0.15, 0.2) is 64.0 Å². The van der Waals surface area contributed by atoms with E-state index in [1.54, 1.807) is 6.07 Å². The van der Waals surface area contributed by atoms with E-state index < -0.39 is 27.8 Å². The van der Waals surface area contributed by atoms with Crippen LogP contribution < -0.4 is 10.6 Å². The van der Waals surface area contributed by atoms with E-state index in [0.29, 0.717) is 30.2 Å². The highest BCUT2D eigenvalue weighted by atomic mass is 79.9. The number of aromatic nitrogens is 2. The van der Waals surface area contributed by atoms with Crippen molar-refractivity contribution in [2.45, 2.75) is 30.3 Å². The summed E-state index contributed by atoms with van der Waals surface area (Å²) in [4.78, 5) is 21.9. The Morgan fingerprint density at radius 1 is 1.17 bits per heavy atom. The molecule has 0 radical (unpaired) electrons. The van der Waals surface area contributed by atoms with Crippen LogP contribution in [0.1, 0.15) is 18.5 Å². The van der Waals surface area contributed by atoms with Gasteiger partial charge in [0.1, 0.15) is 11.9 Å². The Bertz CT molecular complexity index is 1390. The first kappa shape index (κ1) is 25.8. The fourth-order valence-corrected chi connectivity index (χ4v) is 5.81. The summed E-state index contributed by atoms with van der Waals surface area (Å²) in [6.45, 7) is 0.504. The van der Waals surface area contributed by atoms with Gasteiger partial charge in [-0.1, -0.05) is 34.0 Å². The molecule has 36 heavy (non-hydrogen) atoms. The summed E-state index contributed by atoms with van der Waals surface area (Å²) in [6, 6.07) is 13.0. The fourth-order valence-electron chi connectivity index (χ4n) is 3.89. The Balaban J connectivity index is 1.52. The molecule has 1 atom stereocenters. The van der Waals surface area contributed by atoms with Crippen LogP contribution in [0, 0.1) is 18.2 Å². The maximum absolute atomic E-state index is 13.3. The number of nitrogens with zero attached hydrogens (tertiary/aromatic N) is 3. The molecule has 1 fully saturated rings. The third-order valence-corrected chi connectivity index (χ3v) is 8.09. The zero-order valence-electron chi connectivity index (χ0n) is 19.1. The summed E-state index contributed by atoms with van der Waals surface area (Å²) in [7, 11) is -3.95. The normalized spacial score (nSPS) is 15.9. The number of halogens is 2. The minimum atomic E-state index is -3.95. The molecule has 0 spiro atoms. The number of carbonyl (C=O) groups is 1. The molecule has 0 aliphatic carbocycles. The van der Waals surface area contributed by atoms with Gasteiger partial charge >= 0.3 is 0 Å². The lowest BCUT2D eigenvalue weighted by Crippen LogP contribution is -2.45. The molecule has 2 aromatic carbocycles. The largest absolute Gasteiger partial charge is 0.349 e. The number of nitrogens with one attached hydrogen (secondary N) is 2. The highest BCUT2D eigenvalue weighted by Crippen LogP contribution is 2.27. The molecule has 3 aromatic rings. The summed E-state index contributed by atoms with van der Waals surface area (Å²) in [6.07, 6.45) is 6.27. The molecular formula is C25H23BrFN5O3S. The number of anilines is 1. The molecule has 1 unspecified atom stereocenters. The Morgan fingerprint density at radius 2 is 1.89 bits per heavy atom. The molecule has 1 aliphatic rings. The molecule has 8 nitrogen and oxygen atoms in total. The van der Waals surface area contributed by atoms with Gasteiger partial charge in [-0.2, -0.15) is 4.31 Å². The Morgan fingerprint density at radius 3 is 2.58 bits per heavy atom. The second-order valence-electron chi connectivity index (χ2n) is 8.08. The first-order valence-corrected chi connectivity index (χ1v) is 13.4. The maximum Gasteiger partial charge on any atom is 0.243 e. The van der Waals surface area contributed by atoms with Crippen molar-refractivity contribution in [1.82, 2.24) is 19.6 Å². The van der Waals surface area contributed by atoms with Gasteiger partial charge in [-0.05, 0) is 55.3 Å². The van der Waals surface area contributed by atoms with E-state index >= 15 is 0 Å². The van der Waals surface area contributed by atoms with Gasteiger partial charge in [0, 0.05) is 16.6 Å². The summed E-state index contributed by atoms with van der Waals surface area (Å²) in [5, 5.41) is 5.76. The lowest BCUT2D eigenvalue weighted by molar-refractivity contribution is -0.124. The van der Waals surface area contributed by atoms with Crippen molar-refractivity contribution in [3.05, 3.63) is 70.6 Å². The Hall–Kier alpha value is -3.33. The quantitative estimate of drug-likeness (QED) is 0.401. The smallest absolute Gasteiger partial charge is 0.243 e. The van der Waals surface area contributed by atoms with E-state index in [-0.39, 0.29) is 24.5 Å². The predicted octanol–water partition coefficient (Wildman–Crippen LogP) is 3.56. The van der Waals surface area contributed by atoms with Crippen LogP contribution in [0.5, 0.6) is 0 Å². The van der Waals surface area contributed by atoms with Gasteiger partial charge in [0.25, 0.3) is 0 Å². The molecule has 0 saturated carbocycles. The van der Waals surface area contributed by atoms with Gasteiger partial charge in [0.05, 0.1) is 29.4 Å². The SMILES string of the molecule is C#CCNc1nc(CNC(=O)C2CCCN2S(=O)(=O)c2ccc(F)cc2)cc(-c2ccc(Br)cc2)n1. The highest BCUT2D eigenvalue weighted by molar-refractivity contribution is 9.10. The number of carbonyl (C=O) groups excluding carboxylic acids is 1. The minimum absolute atomic E-state index is 0.0530. The van der Waals surface area contributed by atoms with Crippen molar-refractivity contribution < 1.29 is 17.6 Å². The van der Waals surface area contributed by atoms with E-state index in [2.05, 4.69) is 42.5 Å². The van der Waals surface area contributed by atoms with Crippen molar-refractivity contribution in [1.29, 1.82) is 0 Å². The number of amides is 1. The van der Waals surface area contributed by atoms with Gasteiger partial charge in [0.2, 0.25) is 21.9 Å². The third-order valence-electron chi connectivity index (χ3n) is 5.64. The van der Waals surface area contributed by atoms with Gasteiger partial charge in [-0.25, -0.2) is 22.8 Å². The predicted molar refractivity (Wildman–Crippen MR) is 138 cm³/mol. The first-order valence-electron chi connectivity index (χ1n) is 11.1. The summed E-state index contributed by atoms with van der Waals surface area (Å²) in [5.74, 6) is 1.83. The summed E-state index contributed by atoms with van der Waals surface area (Å²) in [5.41, 5.74) is 2.02. The van der Waals surface area contributed by atoms with Crippen LogP contribution in [0.2, 0.25) is 0 Å². The topological polar surface area (TPSA) is 104 Å². The molecule has 1 aromatic heterocycles. The van der Waals surface area contributed by atoms with E-state index in [4.69, 9.17) is 6.42 Å². The average molecular weight is 572 g/mol. The van der Waals surface area contributed by atoms with Crippen molar-refractivity contribution in [2.24, 2.45) is 0 Å². The zero-order chi connectivity index (χ0) is 25.7. The van der Waals surface area contributed by atoms with Crippen LogP contribution in [0.3, 0.4) is 0 Å². The number of hydrogen-bond donors (Lipinski definition) is 2. The van der Waals surface area contributed by atoms with Crippen LogP contribution in [0.4, 0.5) is 10.3 Å². The molecule has 2 N–H and O–H groups in total. The standard InChI is InChI=1S/C25H23BrFN5O3S/c1-2-13-28-25-30-20(15-22(31-25)17-5-7-18(26)8-6-17)16-29-24(33)23-4-3-14-32(23)36(34,35)21-11-9-19(27)10-12-21/h1,5-12,15,23H,3-4,13-14,16H2,(H,29,33)(H,28,30,31). The number of benzene rings is 2. The number of sulfonamides is 1. The fraction of sp³-hybridized carbons (Fsp3) is 0.240. The molecule has 2 heterocycles. The molecule has 11 heteroatoms. The molecule has 186 valence electrons. The van der Waals surface area contributed by atoms with Crippen LogP contribution >= 0.6 is 15.9 Å². The van der Waals surface area contributed by atoms with Crippen LogP contribution in [-0.2, 0) is 21.4 Å². The van der Waals surface area contributed by atoms with E-state index in [0.717, 1.165) is 22.2 Å². The zero-order valence-corrected chi connectivity index (χ0v) is 21.5. The molecule has 1 saturated heterocycles. The lowest BCUT2D eigenvalue weighted by Gasteiger charge is -2.23. The van der Waals surface area contributed by atoms with Gasteiger partial charge in [-0.3, -0.25) is 4.79 Å². The monoisotopic (exact) mass is 571 g/mol. The molecular weight excluding hydrogens is 549 g/mol. The molecule has 1 amide bonds. The summed E-state index contributed by atoms with van der Waals surface area (Å²) < 4.78 is 41.5. The lowest BCUT2D eigenvalue weighted by atomic mass is 10.1. The number of rotatable bonds is 8. The van der Waals surface area contributed by atoms with Crippen molar-refractivity contribution >= 4 is 37.8 Å². The van der Waals surface area contributed by atoms with Gasteiger partial charge < -0.3 is 10.6 Å². The van der Waals surface area contributed by atoms with E-state index in [1.807, 2.05) is 24.3 Å². The maximum atomic E-state index is 13.3. The molecule has 4 rings (SSSR count). The van der Waals surface area contributed by atoms with Crippen molar-refractivity contribution in [2.75, 3.05) is 18.4 Å². The first-order chi connectivity index (χ1) is 17.3. The molecule has 1 aliphatic heterocycles. The van der Waals surface area contributed by atoms with Gasteiger partial charge in [0.15, 0.2) is 0 Å². The second kappa shape index (κ2) is 11.2. The minimum Gasteiger partial charge on any atom is -0.349 e. The second-order valence-corrected chi connectivity index (χ2v) is 10.9. The van der Waals surface area contributed by atoms with E-state index in [1.165, 1.54) is 16.4 Å². The number of terminal acetylenes is 1. The summed E-state index contributed by atoms with van der Waals surface area (Å²) >= 11 is 3.41. The molecule has 0 bridgehead atoms. The van der Waals surface area contributed by atoms with E-state index in [9.17, 15) is 17.6 Å². The Kier molecular flexibility index (Phi) is 7.98. The van der Waals surface area contributed by atoms with Crippen molar-refractivity contribution in [3.63, 3.8) is 0 Å².